The van der Waals surface area contributed by atoms with E-state index in [1.54, 1.807) is 0 Å². The van der Waals surface area contributed by atoms with Crippen LogP contribution in [0, 0.1) is 0 Å². The summed E-state index contributed by atoms with van der Waals surface area (Å²) in [5, 5.41) is 13.6. The number of hydrogen-bond donors (Lipinski definition) is 0. The molecule has 0 aliphatic carbocycles. The minimum atomic E-state index is -1.61. The molecule has 0 heterocycles. The molecule has 56 heavy (non-hydrogen) atoms. The van der Waals surface area contributed by atoms with E-state index >= 15 is 0 Å². The Balaban J connectivity index is 0.000000386. The number of rotatable bonds is 8. The van der Waals surface area contributed by atoms with E-state index in [1.165, 1.54) is 64.5 Å². The quantitative estimate of drug-likeness (QED) is 0.105. The van der Waals surface area contributed by atoms with Crippen LogP contribution >= 0.6 is 35.2 Å². The zero-order valence-electron chi connectivity index (χ0n) is 30.5. The van der Waals surface area contributed by atoms with Crippen molar-refractivity contribution in [2.75, 3.05) is 0 Å². The second-order valence-corrected chi connectivity index (χ2v) is 24.0. The zero-order chi connectivity index (χ0) is 38.1. The van der Waals surface area contributed by atoms with Gasteiger partial charge in [-0.15, -0.1) is 0 Å². The van der Waals surface area contributed by atoms with Crippen LogP contribution < -0.4 is 31.8 Å². The second kappa shape index (κ2) is 18.6. The maximum Gasteiger partial charge on any atom is 0.111 e. The molecule has 9 aromatic carbocycles. The fraction of sp³-hybridized carbons (Fsp3) is 0. The van der Waals surface area contributed by atoms with Crippen molar-refractivity contribution in [3.05, 3.63) is 230 Å². The minimum Gasteiger partial charge on any atom is -0.0620 e. The van der Waals surface area contributed by atoms with Gasteiger partial charge in [-0.05, 0) is 82.2 Å². The van der Waals surface area contributed by atoms with Gasteiger partial charge >= 0.3 is 73.4 Å². The van der Waals surface area contributed by atoms with Gasteiger partial charge in [0.15, 0.2) is 0 Å². The van der Waals surface area contributed by atoms with Gasteiger partial charge in [0.2, 0.25) is 0 Å². The van der Waals surface area contributed by atoms with Crippen LogP contribution in [-0.4, -0.2) is 4.61 Å². The molecule has 0 unspecified atom stereocenters. The largest absolute Gasteiger partial charge is 0.111 e. The summed E-state index contributed by atoms with van der Waals surface area (Å²) >= 11 is -1.61. The van der Waals surface area contributed by atoms with Gasteiger partial charge in [-0.3, -0.25) is 0 Å². The molecule has 0 saturated carbocycles. The Morgan fingerprint density at radius 2 is 0.625 bits per heavy atom. The van der Waals surface area contributed by atoms with Crippen LogP contribution in [0.5, 0.6) is 0 Å². The van der Waals surface area contributed by atoms with Crippen molar-refractivity contribution < 1.29 is 13.5 Å². The molecular weight excluding hydrogens is 846 g/mol. The average Bonchev–Trinajstić information content (AvgIpc) is 3.26. The molecule has 0 amide bonds. The van der Waals surface area contributed by atoms with Crippen molar-refractivity contribution in [3.8, 4) is 11.1 Å². The molecule has 0 bridgehead atoms. The van der Waals surface area contributed by atoms with E-state index in [0.29, 0.717) is 0 Å². The predicted molar refractivity (Wildman–Crippen MR) is 250 cm³/mol. The van der Waals surface area contributed by atoms with Gasteiger partial charge in [0, 0.05) is 11.1 Å². The van der Waals surface area contributed by atoms with Crippen LogP contribution in [0.3, 0.4) is 0 Å². The number of benzene rings is 9. The molecule has 0 aliphatic rings. The van der Waals surface area contributed by atoms with Crippen molar-refractivity contribution in [1.29, 1.82) is 0 Å². The predicted octanol–water partition coefficient (Wildman–Crippen LogP) is 11.4. The summed E-state index contributed by atoms with van der Waals surface area (Å²) in [5.41, 5.74) is 3.87. The molecule has 0 nitrogen and oxygen atoms in total. The topological polar surface area (TPSA) is 0 Å². The first-order valence-electron chi connectivity index (χ1n) is 18.5. The van der Waals surface area contributed by atoms with Crippen molar-refractivity contribution in [2.45, 2.75) is 0 Å². The van der Waals surface area contributed by atoms with Gasteiger partial charge in [-0.25, -0.2) is 0 Å². The number of halogens is 2. The van der Waals surface area contributed by atoms with E-state index < -0.39 is 29.4 Å². The monoisotopic (exact) mass is 886 g/mol. The molecule has 0 aromatic heterocycles. The zero-order valence-corrected chi connectivity index (χ0v) is 35.8. The number of hydrogen-bond acceptors (Lipinski definition) is 0. The SMILES string of the molecule is [Cl][Ru]([Cl])=[CH]c1ccccc1.c1ccc([PH+](c2ccccc2)c2ccc3ccccc3c2-c2c([PH+](c3ccccc3)c3ccccc3)ccc3ccccc23)cc1. The van der Waals surface area contributed by atoms with Crippen LogP contribution in [0.15, 0.2) is 224 Å². The molecule has 0 N–H and O–H groups in total. The third kappa shape index (κ3) is 8.70. The van der Waals surface area contributed by atoms with Crippen LogP contribution in [0.2, 0.25) is 0 Å². The fourth-order valence-corrected chi connectivity index (χ4v) is 14.8. The van der Waals surface area contributed by atoms with E-state index in [9.17, 15) is 0 Å². The van der Waals surface area contributed by atoms with Gasteiger partial charge in [-0.1, -0.05) is 133 Å². The third-order valence-electron chi connectivity index (χ3n) is 9.89. The first kappa shape index (κ1) is 38.3. The molecule has 274 valence electrons. The van der Waals surface area contributed by atoms with E-state index in [2.05, 4.69) is 194 Å². The summed E-state index contributed by atoms with van der Waals surface area (Å²) < 4.78 is 1.92. The number of fused-ring (bicyclic) bond motifs is 2. The summed E-state index contributed by atoms with van der Waals surface area (Å²) in [6.07, 6.45) is 0. The Hall–Kier alpha value is -4.57. The summed E-state index contributed by atoms with van der Waals surface area (Å²) in [6, 6.07) is 82.1. The second-order valence-electron chi connectivity index (χ2n) is 13.4. The molecule has 0 atom stereocenters. The molecule has 0 radical (unpaired) electrons. The van der Waals surface area contributed by atoms with Crippen molar-refractivity contribution in [3.63, 3.8) is 0 Å². The fourth-order valence-electron chi connectivity index (χ4n) is 7.48. The summed E-state index contributed by atoms with van der Waals surface area (Å²) in [4.78, 5) is 0. The molecule has 0 saturated heterocycles. The molecule has 0 aliphatic heterocycles. The van der Waals surface area contributed by atoms with Crippen molar-refractivity contribution in [2.24, 2.45) is 0 Å². The molecule has 9 aromatic rings. The maximum absolute atomic E-state index is 5.67. The molecule has 0 fully saturated rings. The van der Waals surface area contributed by atoms with Crippen molar-refractivity contribution >= 4 is 93.2 Å². The summed E-state index contributed by atoms with van der Waals surface area (Å²) in [7, 11) is 8.59. The minimum absolute atomic E-state index is 1.12. The third-order valence-corrected chi connectivity index (χ3v) is 17.3. The van der Waals surface area contributed by atoms with Gasteiger partial charge in [0.25, 0.3) is 0 Å². The van der Waals surface area contributed by atoms with Crippen molar-refractivity contribution in [1.82, 2.24) is 0 Å². The molecule has 9 rings (SSSR count). The van der Waals surface area contributed by atoms with Gasteiger partial charge in [0.1, 0.15) is 31.8 Å². The standard InChI is InChI=1S/C44H32P2.C7H6.2ClH.Ru/c1-5-19-35(20-6-1)45(36-21-7-2-8-22-36)41-31-29-33-17-13-15-27-39(33)43(41)44-40-28-16-14-18-34(40)30-32-42(44)46(37-23-9-3-10-24-37)38-25-11-4-12-26-38;1-7-5-3-2-4-6-7;;;/h1-32H;1-6H;2*1H;/q;;;;+2. The van der Waals surface area contributed by atoms with Crippen LogP contribution in [0.25, 0.3) is 32.7 Å². The van der Waals surface area contributed by atoms with E-state index in [-0.39, 0.29) is 0 Å². The van der Waals surface area contributed by atoms with Crippen LogP contribution in [0.4, 0.5) is 0 Å². The first-order valence-corrected chi connectivity index (χ1v) is 27.0. The van der Waals surface area contributed by atoms with Gasteiger partial charge < -0.3 is 0 Å². The Labute approximate surface area is 345 Å². The Morgan fingerprint density at radius 3 is 0.964 bits per heavy atom. The molecular formula is C51H40Cl2P2Ru+2. The Kier molecular flexibility index (Phi) is 12.7. The Bertz CT molecular complexity index is 2460. The van der Waals surface area contributed by atoms with Gasteiger partial charge in [0.05, 0.1) is 15.8 Å². The first-order chi connectivity index (χ1) is 27.7. The average molecular weight is 887 g/mol. The normalized spacial score (nSPS) is 11.3. The van der Waals surface area contributed by atoms with Gasteiger partial charge in [-0.2, -0.15) is 0 Å². The van der Waals surface area contributed by atoms with E-state index in [4.69, 9.17) is 19.4 Å². The Morgan fingerprint density at radius 1 is 0.321 bits per heavy atom. The molecule has 0 spiro atoms. The van der Waals surface area contributed by atoms with E-state index in [1.807, 2.05) is 34.9 Å². The molecule has 5 heteroatoms. The van der Waals surface area contributed by atoms with Crippen LogP contribution in [-0.2, 0) is 13.5 Å². The smallest absolute Gasteiger partial charge is 0.0620 e. The van der Waals surface area contributed by atoms with Crippen LogP contribution in [0.1, 0.15) is 5.56 Å². The summed E-state index contributed by atoms with van der Waals surface area (Å²) in [6.45, 7) is 0. The summed E-state index contributed by atoms with van der Waals surface area (Å²) in [5.74, 6) is 0. The maximum atomic E-state index is 5.67. The van der Waals surface area contributed by atoms with E-state index in [0.717, 1.165) is 5.56 Å².